The number of halogens is 1. The van der Waals surface area contributed by atoms with Crippen LogP contribution in [0, 0.1) is 15.9 Å². The Morgan fingerprint density at radius 1 is 1.24 bits per heavy atom. The zero-order chi connectivity index (χ0) is 17.8. The van der Waals surface area contributed by atoms with Crippen molar-refractivity contribution in [1.29, 1.82) is 0 Å². The summed E-state index contributed by atoms with van der Waals surface area (Å²) < 4.78 is 18.1. The van der Waals surface area contributed by atoms with Crippen molar-refractivity contribution < 1.29 is 18.8 Å². The number of rotatable bonds is 5. The molecule has 0 unspecified atom stereocenters. The number of nitrogens with zero attached hydrogens (tertiary/aromatic N) is 2. The van der Waals surface area contributed by atoms with Crippen LogP contribution in [0.15, 0.2) is 53.9 Å². The number of carbonyl (C=O) groups is 1. The van der Waals surface area contributed by atoms with E-state index in [9.17, 15) is 19.3 Å². The minimum atomic E-state index is -0.667. The summed E-state index contributed by atoms with van der Waals surface area (Å²) in [6.45, 7) is -0.0563. The van der Waals surface area contributed by atoms with Gasteiger partial charge in [0.2, 0.25) is 0 Å². The minimum absolute atomic E-state index is 0.0563. The molecule has 0 aliphatic carbocycles. The van der Waals surface area contributed by atoms with Gasteiger partial charge < -0.3 is 4.74 Å². The molecule has 0 saturated carbocycles. The lowest BCUT2D eigenvalue weighted by Crippen LogP contribution is -2.06. The minimum Gasteiger partial charge on any atom is -0.456 e. The quantitative estimate of drug-likeness (QED) is 0.387. The lowest BCUT2D eigenvalue weighted by Gasteiger charge is -2.03. The van der Waals surface area contributed by atoms with Crippen molar-refractivity contribution in [1.82, 2.24) is 4.98 Å². The zero-order valence-electron chi connectivity index (χ0n) is 12.7. The fourth-order valence-electron chi connectivity index (χ4n) is 2.07. The van der Waals surface area contributed by atoms with Crippen LogP contribution in [0.4, 0.5) is 10.1 Å². The predicted molar refractivity (Wildman–Crippen MR) is 89.7 cm³/mol. The summed E-state index contributed by atoms with van der Waals surface area (Å²) in [5, 5.41) is 13.2. The van der Waals surface area contributed by atoms with E-state index in [1.807, 2.05) is 0 Å². The molecule has 8 heteroatoms. The number of carbonyl (C=O) groups excluding carboxylic acids is 1. The average molecular weight is 358 g/mol. The molecule has 0 amide bonds. The van der Waals surface area contributed by atoms with Crippen LogP contribution in [0.25, 0.3) is 10.6 Å². The average Bonchev–Trinajstić information content (AvgIpc) is 3.09. The number of thiazole rings is 1. The van der Waals surface area contributed by atoms with E-state index in [4.69, 9.17) is 4.74 Å². The largest absolute Gasteiger partial charge is 0.456 e. The number of non-ortho nitro benzene ring substituents is 1. The molecule has 0 bridgehead atoms. The Labute approximate surface area is 145 Å². The summed E-state index contributed by atoms with van der Waals surface area (Å²) in [6.07, 6.45) is 0. The molecule has 0 aliphatic rings. The smallest absolute Gasteiger partial charge is 0.338 e. The van der Waals surface area contributed by atoms with Crippen LogP contribution in [0.5, 0.6) is 0 Å². The van der Waals surface area contributed by atoms with Crippen molar-refractivity contribution in [3.8, 4) is 10.6 Å². The maximum Gasteiger partial charge on any atom is 0.338 e. The first-order chi connectivity index (χ1) is 12.0. The van der Waals surface area contributed by atoms with Gasteiger partial charge in [0, 0.05) is 23.1 Å². The van der Waals surface area contributed by atoms with E-state index >= 15 is 0 Å². The molecule has 0 saturated heterocycles. The second-order valence-electron chi connectivity index (χ2n) is 5.03. The fourth-order valence-corrected chi connectivity index (χ4v) is 2.88. The van der Waals surface area contributed by atoms with Crippen LogP contribution in [0.2, 0.25) is 0 Å². The van der Waals surface area contributed by atoms with Gasteiger partial charge in [-0.3, -0.25) is 10.1 Å². The first-order valence-electron chi connectivity index (χ1n) is 7.15. The van der Waals surface area contributed by atoms with Gasteiger partial charge in [-0.2, -0.15) is 0 Å². The molecule has 126 valence electrons. The Morgan fingerprint density at radius 2 is 2.00 bits per heavy atom. The molecule has 2 aromatic carbocycles. The Kier molecular flexibility index (Phi) is 4.80. The van der Waals surface area contributed by atoms with Crippen LogP contribution in [0.3, 0.4) is 0 Å². The molecule has 0 aliphatic heterocycles. The van der Waals surface area contributed by atoms with Gasteiger partial charge in [-0.1, -0.05) is 6.07 Å². The molecular weight excluding hydrogens is 347 g/mol. The van der Waals surface area contributed by atoms with Gasteiger partial charge in [0.25, 0.3) is 5.69 Å². The van der Waals surface area contributed by atoms with Gasteiger partial charge in [-0.05, 0) is 30.3 Å². The first-order valence-corrected chi connectivity index (χ1v) is 8.03. The zero-order valence-corrected chi connectivity index (χ0v) is 13.5. The molecule has 3 aromatic rings. The molecule has 3 rings (SSSR count). The molecule has 0 radical (unpaired) electrons. The summed E-state index contributed by atoms with van der Waals surface area (Å²) in [7, 11) is 0. The molecule has 25 heavy (non-hydrogen) atoms. The first kappa shape index (κ1) is 16.7. The predicted octanol–water partition coefficient (Wildman–Crippen LogP) is 4.21. The number of nitro benzene ring substituents is 1. The SMILES string of the molecule is O=C(OCc1csc(-c2ccc(F)cc2)n1)c1cccc([N+](=O)[O-])c1. The summed E-state index contributed by atoms with van der Waals surface area (Å²) in [5.74, 6) is -0.994. The molecule has 0 atom stereocenters. The molecule has 0 spiro atoms. The van der Waals surface area contributed by atoms with Gasteiger partial charge >= 0.3 is 5.97 Å². The number of benzene rings is 2. The molecule has 6 nitrogen and oxygen atoms in total. The maximum absolute atomic E-state index is 12.9. The molecular formula is C17H11FN2O4S. The van der Waals surface area contributed by atoms with Crippen molar-refractivity contribution in [2.45, 2.75) is 6.61 Å². The molecule has 1 aromatic heterocycles. The number of ether oxygens (including phenoxy) is 1. The van der Waals surface area contributed by atoms with E-state index < -0.39 is 10.9 Å². The number of nitro groups is 1. The monoisotopic (exact) mass is 358 g/mol. The van der Waals surface area contributed by atoms with Crippen molar-refractivity contribution in [3.05, 3.63) is 81.1 Å². The summed E-state index contributed by atoms with van der Waals surface area (Å²) in [6, 6.07) is 11.3. The van der Waals surface area contributed by atoms with Crippen molar-refractivity contribution in [2.24, 2.45) is 0 Å². The van der Waals surface area contributed by atoms with Gasteiger partial charge in [0.15, 0.2) is 0 Å². The lowest BCUT2D eigenvalue weighted by molar-refractivity contribution is -0.384. The highest BCUT2D eigenvalue weighted by Crippen LogP contribution is 2.24. The van der Waals surface area contributed by atoms with Crippen LogP contribution in [0.1, 0.15) is 16.1 Å². The van der Waals surface area contributed by atoms with Crippen molar-refractivity contribution >= 4 is 23.0 Å². The third-order valence-electron chi connectivity index (χ3n) is 3.29. The van der Waals surface area contributed by atoms with E-state index in [-0.39, 0.29) is 23.7 Å². The Morgan fingerprint density at radius 3 is 2.72 bits per heavy atom. The molecule has 1 heterocycles. The van der Waals surface area contributed by atoms with Crippen LogP contribution >= 0.6 is 11.3 Å². The second-order valence-corrected chi connectivity index (χ2v) is 5.89. The Hall–Kier alpha value is -3.13. The number of hydrogen-bond donors (Lipinski definition) is 0. The normalized spacial score (nSPS) is 10.4. The maximum atomic E-state index is 12.9. The van der Waals surface area contributed by atoms with E-state index in [0.717, 1.165) is 11.6 Å². The summed E-state index contributed by atoms with van der Waals surface area (Å²) in [4.78, 5) is 26.5. The van der Waals surface area contributed by atoms with Gasteiger partial charge in [-0.25, -0.2) is 14.2 Å². The third-order valence-corrected chi connectivity index (χ3v) is 4.23. The van der Waals surface area contributed by atoms with E-state index in [1.54, 1.807) is 17.5 Å². The van der Waals surface area contributed by atoms with Crippen LogP contribution in [-0.4, -0.2) is 15.9 Å². The number of hydrogen-bond acceptors (Lipinski definition) is 6. The van der Waals surface area contributed by atoms with Crippen molar-refractivity contribution in [3.63, 3.8) is 0 Å². The van der Waals surface area contributed by atoms with E-state index in [1.165, 1.54) is 41.7 Å². The third kappa shape index (κ3) is 4.04. The highest BCUT2D eigenvalue weighted by molar-refractivity contribution is 7.13. The van der Waals surface area contributed by atoms with Crippen LogP contribution < -0.4 is 0 Å². The topological polar surface area (TPSA) is 82.3 Å². The molecule has 0 N–H and O–H groups in total. The lowest BCUT2D eigenvalue weighted by atomic mass is 10.2. The molecule has 0 fully saturated rings. The summed E-state index contributed by atoms with van der Waals surface area (Å²) in [5.41, 5.74) is 1.23. The van der Waals surface area contributed by atoms with Gasteiger partial charge in [-0.15, -0.1) is 11.3 Å². The van der Waals surface area contributed by atoms with Crippen molar-refractivity contribution in [2.75, 3.05) is 0 Å². The van der Waals surface area contributed by atoms with E-state index in [2.05, 4.69) is 4.98 Å². The number of esters is 1. The Bertz CT molecular complexity index is 924. The Balaban J connectivity index is 1.66. The van der Waals surface area contributed by atoms with Gasteiger partial charge in [0.05, 0.1) is 16.2 Å². The van der Waals surface area contributed by atoms with E-state index in [0.29, 0.717) is 10.7 Å². The van der Waals surface area contributed by atoms with Gasteiger partial charge in [0.1, 0.15) is 17.4 Å². The standard InChI is InChI=1S/C17H11FN2O4S/c18-13-6-4-11(5-7-13)16-19-14(10-25-16)9-24-17(21)12-2-1-3-15(8-12)20(22)23/h1-8,10H,9H2. The second kappa shape index (κ2) is 7.18. The summed E-state index contributed by atoms with van der Waals surface area (Å²) >= 11 is 1.35. The highest BCUT2D eigenvalue weighted by atomic mass is 32.1. The van der Waals surface area contributed by atoms with Crippen LogP contribution in [-0.2, 0) is 11.3 Å². The highest BCUT2D eigenvalue weighted by Gasteiger charge is 2.13. The fraction of sp³-hybridized carbons (Fsp3) is 0.0588. The number of aromatic nitrogens is 1.